The molecule has 0 radical (unpaired) electrons. The lowest BCUT2D eigenvalue weighted by atomic mass is 9.88. The molecule has 0 aliphatic heterocycles. The Labute approximate surface area is 218 Å². The molecule has 0 spiro atoms. The maximum atomic E-state index is 12.9. The normalized spacial score (nSPS) is 17.5. The topological polar surface area (TPSA) is 82.1 Å². The smallest absolute Gasteiger partial charge is 0.335 e. The van der Waals surface area contributed by atoms with Crippen LogP contribution in [0.4, 0.5) is 5.69 Å². The molecule has 0 unspecified atom stereocenters. The monoisotopic (exact) mass is 501 g/mol. The van der Waals surface area contributed by atoms with Crippen molar-refractivity contribution >= 4 is 17.6 Å². The summed E-state index contributed by atoms with van der Waals surface area (Å²) in [5.41, 5.74) is 2.11. The van der Waals surface area contributed by atoms with Gasteiger partial charge >= 0.3 is 5.97 Å². The van der Waals surface area contributed by atoms with E-state index in [9.17, 15) is 9.59 Å². The van der Waals surface area contributed by atoms with E-state index in [0.717, 1.165) is 42.8 Å². The van der Waals surface area contributed by atoms with Gasteiger partial charge in [-0.25, -0.2) is 4.79 Å². The number of ether oxygens (including phenoxy) is 1. The zero-order valence-electron chi connectivity index (χ0n) is 21.5. The quantitative estimate of drug-likeness (QED) is 0.382. The average molecular weight is 502 g/mol. The maximum Gasteiger partial charge on any atom is 0.335 e. The van der Waals surface area contributed by atoms with Crippen molar-refractivity contribution < 1.29 is 19.4 Å². The van der Waals surface area contributed by atoms with Crippen LogP contribution in [0.3, 0.4) is 0 Å². The Bertz CT molecular complexity index is 1170. The molecule has 194 valence electrons. The van der Waals surface area contributed by atoms with Crippen molar-refractivity contribution in [2.75, 3.05) is 26.0 Å². The number of para-hydroxylation sites is 1. The zero-order chi connectivity index (χ0) is 26.2. The summed E-state index contributed by atoms with van der Waals surface area (Å²) in [6, 6.07) is 24.6. The van der Waals surface area contributed by atoms with E-state index in [-0.39, 0.29) is 11.9 Å². The standard InChI is InChI=1S/C30H35N3O4/c1-32(20-22-12-14-23(15-13-22)30(35)36)27-10-6-7-11-28(27)33(2)21-29(34)31-24-16-18-26(19-17-24)37-25-8-4-3-5-9-25/h3-5,8-9,12-19,27-28H,6-7,10-11,20-21H2,1-2H3,(H,31,34)(H,35,36)/t27-,28-/m1/s1. The number of anilines is 1. The number of carbonyl (C=O) groups is 2. The summed E-state index contributed by atoms with van der Waals surface area (Å²) in [7, 11) is 4.13. The van der Waals surface area contributed by atoms with Gasteiger partial charge < -0.3 is 15.2 Å². The van der Waals surface area contributed by atoms with Gasteiger partial charge in [0.2, 0.25) is 5.91 Å². The largest absolute Gasteiger partial charge is 0.478 e. The molecule has 37 heavy (non-hydrogen) atoms. The number of benzene rings is 3. The van der Waals surface area contributed by atoms with Gasteiger partial charge in [-0.2, -0.15) is 0 Å². The third-order valence-electron chi connectivity index (χ3n) is 6.97. The van der Waals surface area contributed by atoms with Crippen LogP contribution in [-0.2, 0) is 11.3 Å². The summed E-state index contributed by atoms with van der Waals surface area (Å²) in [4.78, 5) is 28.5. The second kappa shape index (κ2) is 12.5. The molecular formula is C30H35N3O4. The van der Waals surface area contributed by atoms with E-state index in [1.807, 2.05) is 73.8 Å². The molecule has 1 aliphatic rings. The number of nitrogens with zero attached hydrogens (tertiary/aromatic N) is 2. The molecule has 0 saturated heterocycles. The number of rotatable bonds is 10. The van der Waals surface area contributed by atoms with E-state index in [2.05, 4.69) is 22.2 Å². The van der Waals surface area contributed by atoms with Gasteiger partial charge in [0.25, 0.3) is 0 Å². The van der Waals surface area contributed by atoms with E-state index in [1.165, 1.54) is 6.42 Å². The van der Waals surface area contributed by atoms with E-state index in [4.69, 9.17) is 9.84 Å². The SMILES string of the molecule is CN(CC(=O)Nc1ccc(Oc2ccccc2)cc1)[C@@H]1CCCC[C@H]1N(C)Cc1ccc(C(=O)O)cc1. The van der Waals surface area contributed by atoms with Crippen molar-refractivity contribution in [3.63, 3.8) is 0 Å². The number of amides is 1. The van der Waals surface area contributed by atoms with Gasteiger partial charge in [0.1, 0.15) is 11.5 Å². The fourth-order valence-electron chi connectivity index (χ4n) is 5.05. The summed E-state index contributed by atoms with van der Waals surface area (Å²) in [5, 5.41) is 12.1. The minimum Gasteiger partial charge on any atom is -0.478 e. The first-order valence-corrected chi connectivity index (χ1v) is 12.7. The Morgan fingerprint density at radius 3 is 2.05 bits per heavy atom. The van der Waals surface area contributed by atoms with Crippen LogP contribution in [0.2, 0.25) is 0 Å². The van der Waals surface area contributed by atoms with Gasteiger partial charge in [0, 0.05) is 24.3 Å². The lowest BCUT2D eigenvalue weighted by Crippen LogP contribution is -2.52. The molecule has 0 bridgehead atoms. The van der Waals surface area contributed by atoms with Crippen LogP contribution in [0.15, 0.2) is 78.9 Å². The first kappa shape index (κ1) is 26.4. The molecule has 2 N–H and O–H groups in total. The van der Waals surface area contributed by atoms with Gasteiger partial charge in [-0.05, 0) is 81.0 Å². The summed E-state index contributed by atoms with van der Waals surface area (Å²) in [6.45, 7) is 1.04. The van der Waals surface area contributed by atoms with Crippen LogP contribution in [0.1, 0.15) is 41.6 Å². The highest BCUT2D eigenvalue weighted by Crippen LogP contribution is 2.27. The molecule has 7 heteroatoms. The third-order valence-corrected chi connectivity index (χ3v) is 6.97. The number of carbonyl (C=O) groups excluding carboxylic acids is 1. The van der Waals surface area contributed by atoms with Crippen LogP contribution in [0.25, 0.3) is 0 Å². The lowest BCUT2D eigenvalue weighted by Gasteiger charge is -2.42. The summed E-state index contributed by atoms with van der Waals surface area (Å²) in [5.74, 6) is 0.524. The van der Waals surface area contributed by atoms with Gasteiger partial charge in [0.15, 0.2) is 0 Å². The molecule has 1 amide bonds. The number of carboxylic acid groups (broad SMARTS) is 1. The first-order chi connectivity index (χ1) is 17.9. The number of carboxylic acids is 1. The molecule has 0 aromatic heterocycles. The number of nitrogens with one attached hydrogen (secondary N) is 1. The highest BCUT2D eigenvalue weighted by Gasteiger charge is 2.32. The minimum atomic E-state index is -0.913. The fourth-order valence-corrected chi connectivity index (χ4v) is 5.05. The van der Waals surface area contributed by atoms with Crippen LogP contribution in [-0.4, -0.2) is 59.5 Å². The van der Waals surface area contributed by atoms with E-state index < -0.39 is 5.97 Å². The van der Waals surface area contributed by atoms with Crippen molar-refractivity contribution in [1.82, 2.24) is 9.80 Å². The third kappa shape index (κ3) is 7.41. The molecule has 3 aromatic rings. The van der Waals surface area contributed by atoms with Crippen molar-refractivity contribution in [2.24, 2.45) is 0 Å². The predicted molar refractivity (Wildman–Crippen MR) is 145 cm³/mol. The molecule has 7 nitrogen and oxygen atoms in total. The van der Waals surface area contributed by atoms with Gasteiger partial charge in [-0.15, -0.1) is 0 Å². The van der Waals surface area contributed by atoms with Crippen molar-refractivity contribution in [2.45, 2.75) is 44.3 Å². The van der Waals surface area contributed by atoms with E-state index in [0.29, 0.717) is 23.9 Å². The molecule has 4 rings (SSSR count). The first-order valence-electron chi connectivity index (χ1n) is 12.7. The fraction of sp³-hybridized carbons (Fsp3) is 0.333. The zero-order valence-corrected chi connectivity index (χ0v) is 21.5. The Hall–Kier alpha value is -3.68. The van der Waals surface area contributed by atoms with Gasteiger partial charge in [-0.1, -0.05) is 43.2 Å². The Kier molecular flexibility index (Phi) is 8.93. The average Bonchev–Trinajstić information content (AvgIpc) is 2.90. The minimum absolute atomic E-state index is 0.0459. The highest BCUT2D eigenvalue weighted by atomic mass is 16.5. The number of hydrogen-bond acceptors (Lipinski definition) is 5. The Morgan fingerprint density at radius 1 is 0.838 bits per heavy atom. The Balaban J connectivity index is 1.31. The summed E-state index contributed by atoms with van der Waals surface area (Å²) >= 11 is 0. The highest BCUT2D eigenvalue weighted by molar-refractivity contribution is 5.92. The van der Waals surface area contributed by atoms with Crippen LogP contribution in [0.5, 0.6) is 11.5 Å². The molecule has 0 heterocycles. The molecule has 1 fully saturated rings. The number of aromatic carboxylic acids is 1. The summed E-state index contributed by atoms with van der Waals surface area (Å²) < 4.78 is 5.82. The number of likely N-dealkylation sites (N-methyl/N-ethyl adjacent to an activating group) is 2. The van der Waals surface area contributed by atoms with E-state index in [1.54, 1.807) is 12.1 Å². The second-order valence-electron chi connectivity index (χ2n) is 9.74. The number of hydrogen-bond donors (Lipinski definition) is 2. The molecule has 1 saturated carbocycles. The molecule has 3 aromatic carbocycles. The van der Waals surface area contributed by atoms with Crippen molar-refractivity contribution in [3.05, 3.63) is 90.0 Å². The summed E-state index contributed by atoms with van der Waals surface area (Å²) in [6.07, 6.45) is 4.43. The molecule has 2 atom stereocenters. The van der Waals surface area contributed by atoms with Gasteiger partial charge in [0.05, 0.1) is 12.1 Å². The van der Waals surface area contributed by atoms with Crippen LogP contribution >= 0.6 is 0 Å². The predicted octanol–water partition coefficient (Wildman–Crippen LogP) is 5.49. The van der Waals surface area contributed by atoms with E-state index >= 15 is 0 Å². The lowest BCUT2D eigenvalue weighted by molar-refractivity contribution is -0.118. The molecule has 1 aliphatic carbocycles. The van der Waals surface area contributed by atoms with Crippen LogP contribution < -0.4 is 10.1 Å². The van der Waals surface area contributed by atoms with Crippen molar-refractivity contribution in [3.8, 4) is 11.5 Å². The molecular weight excluding hydrogens is 466 g/mol. The van der Waals surface area contributed by atoms with Crippen LogP contribution in [0, 0.1) is 0 Å². The Morgan fingerprint density at radius 2 is 1.43 bits per heavy atom. The second-order valence-corrected chi connectivity index (χ2v) is 9.74. The van der Waals surface area contributed by atoms with Gasteiger partial charge in [-0.3, -0.25) is 14.6 Å². The van der Waals surface area contributed by atoms with Crippen molar-refractivity contribution in [1.29, 1.82) is 0 Å². The maximum absolute atomic E-state index is 12.9.